The molecule has 0 bridgehead atoms. The first-order valence-electron chi connectivity index (χ1n) is 10.5. The molecule has 0 amide bonds. The molecule has 0 atom stereocenters. The summed E-state index contributed by atoms with van der Waals surface area (Å²) in [7, 11) is 0. The van der Waals surface area contributed by atoms with E-state index in [0.29, 0.717) is 0 Å². The number of unbranched alkanes of at least 4 members (excludes halogenated alkanes) is 6. The number of rotatable bonds is 10. The van der Waals surface area contributed by atoms with E-state index in [-0.39, 0.29) is 0 Å². The zero-order chi connectivity index (χ0) is 19.3. The Bertz CT molecular complexity index is 200. The average molecular weight is 339 g/mol. The summed E-state index contributed by atoms with van der Waals surface area (Å²) in [6.45, 7) is 18.8. The van der Waals surface area contributed by atoms with Gasteiger partial charge in [0, 0.05) is 0 Å². The SMILES string of the molecule is C=CCCCC.CC=CCCC.CCC=CCC.CCCCCC. The van der Waals surface area contributed by atoms with Gasteiger partial charge in [0.05, 0.1) is 0 Å². The van der Waals surface area contributed by atoms with Gasteiger partial charge in [-0.25, -0.2) is 0 Å². The van der Waals surface area contributed by atoms with E-state index in [0.717, 1.165) is 0 Å². The Hall–Kier alpha value is -0.780. The Morgan fingerprint density at radius 3 is 1.21 bits per heavy atom. The molecule has 24 heavy (non-hydrogen) atoms. The number of hydrogen-bond donors (Lipinski definition) is 0. The van der Waals surface area contributed by atoms with E-state index in [9.17, 15) is 0 Å². The first kappa shape index (κ1) is 31.0. The smallest absolute Gasteiger partial charge is 0.0353 e. The monoisotopic (exact) mass is 338 g/mol. The van der Waals surface area contributed by atoms with Gasteiger partial charge in [0.2, 0.25) is 0 Å². The average Bonchev–Trinajstić information content (AvgIpc) is 2.62. The van der Waals surface area contributed by atoms with E-state index in [1.54, 1.807) is 0 Å². The zero-order valence-electron chi connectivity index (χ0n) is 18.4. The van der Waals surface area contributed by atoms with Crippen LogP contribution in [-0.2, 0) is 0 Å². The van der Waals surface area contributed by atoms with Crippen molar-refractivity contribution in [3.05, 3.63) is 37.0 Å². The van der Waals surface area contributed by atoms with Gasteiger partial charge in [0.1, 0.15) is 0 Å². The molecule has 0 aliphatic rings. The van der Waals surface area contributed by atoms with Crippen molar-refractivity contribution in [3.8, 4) is 0 Å². The minimum Gasteiger partial charge on any atom is -0.103 e. The molecule has 0 heterocycles. The van der Waals surface area contributed by atoms with Gasteiger partial charge < -0.3 is 0 Å². The standard InChI is InChI=1S/C6H14.3C6H12/c4*1-3-5-6-4-2/h3-6H2,1-2H3;5-6H,3-4H2,1-2H3;3,5H,4,6H2,1-2H3;3H,1,4-6H2,2H3. The minimum atomic E-state index is 1.17. The highest BCUT2D eigenvalue weighted by Gasteiger charge is 1.75. The lowest BCUT2D eigenvalue weighted by Gasteiger charge is -1.86. The van der Waals surface area contributed by atoms with E-state index in [2.05, 4.69) is 79.3 Å². The summed E-state index contributed by atoms with van der Waals surface area (Å²) in [6.07, 6.45) is 24.7. The van der Waals surface area contributed by atoms with Crippen LogP contribution in [0.1, 0.15) is 119 Å². The van der Waals surface area contributed by atoms with Gasteiger partial charge in [-0.3, -0.25) is 0 Å². The third kappa shape index (κ3) is 68.9. The third-order valence-corrected chi connectivity index (χ3v) is 3.05. The second kappa shape index (κ2) is 43.2. The lowest BCUT2D eigenvalue weighted by atomic mass is 10.2. The lowest BCUT2D eigenvalue weighted by molar-refractivity contribution is 0.702. The first-order chi connectivity index (χ1) is 11.7. The van der Waals surface area contributed by atoms with E-state index in [1.165, 1.54) is 70.6 Å². The van der Waals surface area contributed by atoms with Crippen molar-refractivity contribution in [1.82, 2.24) is 0 Å². The molecule has 146 valence electrons. The summed E-state index contributed by atoms with van der Waals surface area (Å²) in [5.74, 6) is 0. The fourth-order valence-corrected chi connectivity index (χ4v) is 1.52. The van der Waals surface area contributed by atoms with E-state index in [1.807, 2.05) is 6.08 Å². The normalized spacial score (nSPS) is 9.46. The summed E-state index contributed by atoms with van der Waals surface area (Å²) in [4.78, 5) is 0. The fourth-order valence-electron chi connectivity index (χ4n) is 1.52. The van der Waals surface area contributed by atoms with Crippen LogP contribution in [0.3, 0.4) is 0 Å². The van der Waals surface area contributed by atoms with Crippen molar-refractivity contribution in [2.45, 2.75) is 119 Å². The summed E-state index contributed by atoms with van der Waals surface area (Å²) < 4.78 is 0. The van der Waals surface area contributed by atoms with Crippen LogP contribution >= 0.6 is 0 Å². The molecule has 0 saturated heterocycles. The highest BCUT2D eigenvalue weighted by atomic mass is 13.8. The fraction of sp³-hybridized carbons (Fsp3) is 0.750. The predicted molar refractivity (Wildman–Crippen MR) is 119 cm³/mol. The van der Waals surface area contributed by atoms with Crippen LogP contribution in [0.2, 0.25) is 0 Å². The Morgan fingerprint density at radius 1 is 0.583 bits per heavy atom. The van der Waals surface area contributed by atoms with Crippen molar-refractivity contribution in [2.24, 2.45) is 0 Å². The quantitative estimate of drug-likeness (QED) is 0.274. The molecule has 0 nitrogen and oxygen atoms in total. The van der Waals surface area contributed by atoms with Crippen LogP contribution in [0.4, 0.5) is 0 Å². The Balaban J connectivity index is -0.000000111. The van der Waals surface area contributed by atoms with Gasteiger partial charge in [0.15, 0.2) is 0 Å². The van der Waals surface area contributed by atoms with Crippen LogP contribution < -0.4 is 0 Å². The summed E-state index contributed by atoms with van der Waals surface area (Å²) in [5.41, 5.74) is 0. The molecule has 0 aromatic heterocycles. The van der Waals surface area contributed by atoms with Gasteiger partial charge >= 0.3 is 0 Å². The van der Waals surface area contributed by atoms with Crippen LogP contribution in [0, 0.1) is 0 Å². The van der Waals surface area contributed by atoms with Crippen LogP contribution in [-0.4, -0.2) is 0 Å². The van der Waals surface area contributed by atoms with Crippen molar-refractivity contribution >= 4 is 0 Å². The van der Waals surface area contributed by atoms with E-state index < -0.39 is 0 Å². The van der Waals surface area contributed by atoms with Crippen molar-refractivity contribution in [3.63, 3.8) is 0 Å². The predicted octanol–water partition coefficient (Wildman–Crippen LogP) is 9.67. The Morgan fingerprint density at radius 2 is 1.04 bits per heavy atom. The Labute approximate surface area is 156 Å². The molecule has 0 saturated carbocycles. The maximum absolute atomic E-state index is 3.60. The number of hydrogen-bond acceptors (Lipinski definition) is 0. The molecule has 0 radical (unpaired) electrons. The maximum atomic E-state index is 3.60. The van der Waals surface area contributed by atoms with Crippen molar-refractivity contribution in [1.29, 1.82) is 0 Å². The lowest BCUT2D eigenvalue weighted by Crippen LogP contribution is -1.66. The second-order valence-corrected chi connectivity index (χ2v) is 5.78. The summed E-state index contributed by atoms with van der Waals surface area (Å²) in [5, 5.41) is 0. The molecule has 0 aromatic carbocycles. The largest absolute Gasteiger partial charge is 0.103 e. The molecule has 0 aliphatic carbocycles. The molecule has 0 aliphatic heterocycles. The first-order valence-corrected chi connectivity index (χ1v) is 10.5. The van der Waals surface area contributed by atoms with Crippen LogP contribution in [0.15, 0.2) is 37.0 Å². The van der Waals surface area contributed by atoms with Gasteiger partial charge in [-0.1, -0.05) is 117 Å². The summed E-state index contributed by atoms with van der Waals surface area (Å²) in [6, 6.07) is 0. The molecular formula is C24H50. The van der Waals surface area contributed by atoms with E-state index >= 15 is 0 Å². The topological polar surface area (TPSA) is 0 Å². The van der Waals surface area contributed by atoms with Gasteiger partial charge in [0.25, 0.3) is 0 Å². The van der Waals surface area contributed by atoms with Gasteiger partial charge in [-0.05, 0) is 32.6 Å². The van der Waals surface area contributed by atoms with Crippen LogP contribution in [0.5, 0.6) is 0 Å². The second-order valence-electron chi connectivity index (χ2n) is 5.78. The highest BCUT2D eigenvalue weighted by molar-refractivity contribution is 4.77. The van der Waals surface area contributed by atoms with E-state index in [4.69, 9.17) is 0 Å². The summed E-state index contributed by atoms with van der Waals surface area (Å²) >= 11 is 0. The molecule has 0 fully saturated rings. The molecule has 0 aromatic rings. The molecule has 0 N–H and O–H groups in total. The Kier molecular flexibility index (Phi) is 55.9. The third-order valence-electron chi connectivity index (χ3n) is 3.05. The molecule has 0 heteroatoms. The molecule has 0 spiro atoms. The van der Waals surface area contributed by atoms with Gasteiger partial charge in [-0.2, -0.15) is 0 Å². The molecular weight excluding hydrogens is 288 g/mol. The molecule has 0 rings (SSSR count). The highest BCUT2D eigenvalue weighted by Crippen LogP contribution is 1.95. The van der Waals surface area contributed by atoms with Crippen molar-refractivity contribution < 1.29 is 0 Å². The van der Waals surface area contributed by atoms with Crippen molar-refractivity contribution in [2.75, 3.05) is 0 Å². The molecule has 0 unspecified atom stereocenters. The number of allylic oxidation sites excluding steroid dienone is 5. The van der Waals surface area contributed by atoms with Crippen LogP contribution in [0.25, 0.3) is 0 Å². The minimum absolute atomic E-state index is 1.17. The van der Waals surface area contributed by atoms with Gasteiger partial charge in [-0.15, -0.1) is 6.58 Å². The zero-order valence-corrected chi connectivity index (χ0v) is 18.4. The maximum Gasteiger partial charge on any atom is -0.0353 e.